The third-order valence-electron chi connectivity index (χ3n) is 5.09. The fourth-order valence-corrected chi connectivity index (χ4v) is 3.80. The number of nitrogens with one attached hydrogen (secondary N) is 1. The number of aromatic amines is 1. The standard InChI is InChI=1S/C21H18N4O/c26-21(15-9-10-16-14(13-15)5-3-11-22-16)25-12-4-8-19(25)20-23-17-6-1-2-7-18(17)24-20/h1-3,5-7,9-11,13,19H,4,8,12H2,(H,23,24)/t19-/m0/s1. The van der Waals surface area contributed by atoms with Gasteiger partial charge in [0.05, 0.1) is 22.6 Å². The highest BCUT2D eigenvalue weighted by molar-refractivity contribution is 5.98. The molecule has 0 saturated carbocycles. The highest BCUT2D eigenvalue weighted by Crippen LogP contribution is 2.33. The number of likely N-dealkylation sites (tertiary alicyclic amines) is 1. The lowest BCUT2D eigenvalue weighted by Crippen LogP contribution is -2.31. The summed E-state index contributed by atoms with van der Waals surface area (Å²) >= 11 is 0. The van der Waals surface area contributed by atoms with E-state index in [0.29, 0.717) is 5.56 Å². The van der Waals surface area contributed by atoms with Gasteiger partial charge in [-0.25, -0.2) is 4.98 Å². The average Bonchev–Trinajstić information content (AvgIpc) is 3.33. The molecule has 1 aliphatic rings. The molecule has 2 aromatic carbocycles. The summed E-state index contributed by atoms with van der Waals surface area (Å²) in [5.41, 5.74) is 3.56. The largest absolute Gasteiger partial charge is 0.340 e. The van der Waals surface area contributed by atoms with Crippen LogP contribution in [-0.2, 0) is 0 Å². The van der Waals surface area contributed by atoms with Gasteiger partial charge in [0.15, 0.2) is 0 Å². The van der Waals surface area contributed by atoms with Crippen molar-refractivity contribution in [1.29, 1.82) is 0 Å². The van der Waals surface area contributed by atoms with Crippen molar-refractivity contribution in [3.63, 3.8) is 0 Å². The van der Waals surface area contributed by atoms with Crippen molar-refractivity contribution in [2.75, 3.05) is 6.54 Å². The number of amides is 1. The molecule has 0 spiro atoms. The van der Waals surface area contributed by atoms with E-state index in [9.17, 15) is 4.79 Å². The maximum Gasteiger partial charge on any atom is 0.254 e. The first-order valence-corrected chi connectivity index (χ1v) is 8.90. The molecule has 1 aliphatic heterocycles. The van der Waals surface area contributed by atoms with E-state index in [1.54, 1.807) is 6.20 Å². The molecule has 0 radical (unpaired) electrons. The zero-order valence-electron chi connectivity index (χ0n) is 14.2. The van der Waals surface area contributed by atoms with Crippen LogP contribution in [0, 0.1) is 0 Å². The molecule has 2 aromatic heterocycles. The summed E-state index contributed by atoms with van der Waals surface area (Å²) < 4.78 is 0. The lowest BCUT2D eigenvalue weighted by atomic mass is 10.1. The lowest BCUT2D eigenvalue weighted by Gasteiger charge is -2.23. The average molecular weight is 342 g/mol. The highest BCUT2D eigenvalue weighted by atomic mass is 16.2. The first kappa shape index (κ1) is 15.1. The van der Waals surface area contributed by atoms with Gasteiger partial charge in [-0.2, -0.15) is 0 Å². The van der Waals surface area contributed by atoms with E-state index in [2.05, 4.69) is 9.97 Å². The molecule has 5 rings (SSSR count). The summed E-state index contributed by atoms with van der Waals surface area (Å²) in [6.45, 7) is 0.756. The first-order chi connectivity index (χ1) is 12.8. The maximum atomic E-state index is 13.2. The molecule has 0 aliphatic carbocycles. The molecule has 26 heavy (non-hydrogen) atoms. The Morgan fingerprint density at radius 3 is 2.92 bits per heavy atom. The summed E-state index contributed by atoms with van der Waals surface area (Å²) in [6.07, 6.45) is 3.69. The Hall–Kier alpha value is -3.21. The van der Waals surface area contributed by atoms with Gasteiger partial charge < -0.3 is 9.88 Å². The van der Waals surface area contributed by atoms with Gasteiger partial charge in [-0.3, -0.25) is 9.78 Å². The fraction of sp³-hybridized carbons (Fsp3) is 0.190. The van der Waals surface area contributed by atoms with Crippen LogP contribution in [0.25, 0.3) is 21.9 Å². The van der Waals surface area contributed by atoms with E-state index in [0.717, 1.165) is 47.1 Å². The van der Waals surface area contributed by atoms with Crippen LogP contribution in [0.1, 0.15) is 35.1 Å². The minimum atomic E-state index is -0.000467. The third-order valence-corrected chi connectivity index (χ3v) is 5.09. The number of para-hydroxylation sites is 2. The molecule has 1 fully saturated rings. The van der Waals surface area contributed by atoms with Crippen LogP contribution in [0.2, 0.25) is 0 Å². The monoisotopic (exact) mass is 342 g/mol. The zero-order valence-corrected chi connectivity index (χ0v) is 14.2. The van der Waals surface area contributed by atoms with Crippen LogP contribution in [0.5, 0.6) is 0 Å². The van der Waals surface area contributed by atoms with Crippen molar-refractivity contribution in [2.45, 2.75) is 18.9 Å². The van der Waals surface area contributed by atoms with Crippen molar-refractivity contribution in [2.24, 2.45) is 0 Å². The van der Waals surface area contributed by atoms with Gasteiger partial charge >= 0.3 is 0 Å². The van der Waals surface area contributed by atoms with Crippen LogP contribution in [0.3, 0.4) is 0 Å². The molecule has 0 unspecified atom stereocenters. The summed E-state index contributed by atoms with van der Waals surface area (Å²) in [5.74, 6) is 0.929. The second-order valence-electron chi connectivity index (χ2n) is 6.71. The van der Waals surface area contributed by atoms with E-state index in [1.807, 2.05) is 59.5 Å². The van der Waals surface area contributed by atoms with Crippen molar-refractivity contribution in [1.82, 2.24) is 19.9 Å². The molecule has 0 bridgehead atoms. The van der Waals surface area contributed by atoms with E-state index < -0.39 is 0 Å². The highest BCUT2D eigenvalue weighted by Gasteiger charge is 2.32. The zero-order chi connectivity index (χ0) is 17.5. The Morgan fingerprint density at radius 1 is 1.08 bits per heavy atom. The van der Waals surface area contributed by atoms with Gasteiger partial charge in [0.2, 0.25) is 0 Å². The first-order valence-electron chi connectivity index (χ1n) is 8.90. The number of rotatable bonds is 2. The van der Waals surface area contributed by atoms with Gasteiger partial charge in [0.1, 0.15) is 5.82 Å². The Bertz CT molecular complexity index is 1080. The normalized spacial score (nSPS) is 17.2. The van der Waals surface area contributed by atoms with Crippen LogP contribution in [-0.4, -0.2) is 32.3 Å². The Balaban J connectivity index is 1.49. The number of hydrogen-bond donors (Lipinski definition) is 1. The van der Waals surface area contributed by atoms with Gasteiger partial charge in [0, 0.05) is 23.7 Å². The number of H-pyrrole nitrogens is 1. The Kier molecular flexibility index (Phi) is 3.45. The molecule has 1 N–H and O–H groups in total. The number of carbonyl (C=O) groups is 1. The minimum absolute atomic E-state index is 0.000467. The number of hydrogen-bond acceptors (Lipinski definition) is 3. The van der Waals surface area contributed by atoms with Crippen LogP contribution >= 0.6 is 0 Å². The molecule has 5 nitrogen and oxygen atoms in total. The molecular weight excluding hydrogens is 324 g/mol. The molecule has 4 aromatic rings. The number of imidazole rings is 1. The predicted octanol–water partition coefficient (Wildman–Crippen LogP) is 4.09. The van der Waals surface area contributed by atoms with E-state index >= 15 is 0 Å². The molecular formula is C21H18N4O. The minimum Gasteiger partial charge on any atom is -0.340 e. The fourth-order valence-electron chi connectivity index (χ4n) is 3.80. The van der Waals surface area contributed by atoms with E-state index in [1.165, 1.54) is 0 Å². The molecule has 1 atom stereocenters. The summed E-state index contributed by atoms with van der Waals surface area (Å²) in [7, 11) is 0. The smallest absolute Gasteiger partial charge is 0.254 e. The molecule has 1 saturated heterocycles. The quantitative estimate of drug-likeness (QED) is 0.597. The SMILES string of the molecule is O=C(c1ccc2ncccc2c1)N1CCC[C@H]1c1nc2ccccc2[nH]1. The number of carbonyl (C=O) groups excluding carboxylic acids is 1. The summed E-state index contributed by atoms with van der Waals surface area (Å²) in [5, 5.41) is 0.984. The van der Waals surface area contributed by atoms with Crippen molar-refractivity contribution < 1.29 is 4.79 Å². The number of nitrogens with zero attached hydrogens (tertiary/aromatic N) is 3. The Labute approximate surface area is 150 Å². The molecule has 5 heteroatoms. The molecule has 1 amide bonds. The van der Waals surface area contributed by atoms with Crippen molar-refractivity contribution >= 4 is 27.8 Å². The van der Waals surface area contributed by atoms with Gasteiger partial charge in [-0.1, -0.05) is 18.2 Å². The lowest BCUT2D eigenvalue weighted by molar-refractivity contribution is 0.0730. The number of fused-ring (bicyclic) bond motifs is 2. The molecule has 3 heterocycles. The second-order valence-corrected chi connectivity index (χ2v) is 6.71. The summed E-state index contributed by atoms with van der Waals surface area (Å²) in [4.78, 5) is 27.5. The van der Waals surface area contributed by atoms with Crippen molar-refractivity contribution in [3.8, 4) is 0 Å². The van der Waals surface area contributed by atoms with Gasteiger partial charge in [0.25, 0.3) is 5.91 Å². The van der Waals surface area contributed by atoms with E-state index in [-0.39, 0.29) is 11.9 Å². The van der Waals surface area contributed by atoms with Crippen molar-refractivity contribution in [3.05, 3.63) is 72.2 Å². The van der Waals surface area contributed by atoms with E-state index in [4.69, 9.17) is 4.98 Å². The Morgan fingerprint density at radius 2 is 2.00 bits per heavy atom. The second kappa shape index (κ2) is 5.95. The predicted molar refractivity (Wildman–Crippen MR) is 101 cm³/mol. The number of pyridine rings is 1. The molecule has 128 valence electrons. The third kappa shape index (κ3) is 2.44. The van der Waals surface area contributed by atoms with Crippen LogP contribution in [0.4, 0.5) is 0 Å². The maximum absolute atomic E-state index is 13.2. The topological polar surface area (TPSA) is 61.9 Å². The van der Waals surface area contributed by atoms with Crippen LogP contribution in [0.15, 0.2) is 60.8 Å². The number of aromatic nitrogens is 3. The summed E-state index contributed by atoms with van der Waals surface area (Å²) in [6, 6.07) is 17.6. The van der Waals surface area contributed by atoms with Gasteiger partial charge in [-0.15, -0.1) is 0 Å². The van der Waals surface area contributed by atoms with Crippen LogP contribution < -0.4 is 0 Å². The van der Waals surface area contributed by atoms with Gasteiger partial charge in [-0.05, 0) is 49.2 Å². The number of benzene rings is 2.